The van der Waals surface area contributed by atoms with Gasteiger partial charge in [0.1, 0.15) is 5.82 Å². The minimum Gasteiger partial charge on any atom is -0.312 e. The number of aromatic nitrogens is 2. The number of nitrogens with zero attached hydrogens (tertiary/aromatic N) is 2. The minimum absolute atomic E-state index is 0.102. The second kappa shape index (κ2) is 8.03. The fourth-order valence-electron chi connectivity index (χ4n) is 3.92. The molecule has 3 aromatic rings. The number of rotatable bonds is 6. The fourth-order valence-corrected chi connectivity index (χ4v) is 3.92. The van der Waals surface area contributed by atoms with Crippen molar-refractivity contribution in [2.75, 3.05) is 26.7 Å². The Morgan fingerprint density at radius 2 is 1.96 bits per heavy atom. The molecule has 5 heteroatoms. The summed E-state index contributed by atoms with van der Waals surface area (Å²) in [5.74, 6) is -0.134. The SMILES string of the molecule is CN1CCC(NCC(c2ccccc2)c2cn[nH]c2-c2ccccc2F)C1. The van der Waals surface area contributed by atoms with Crippen molar-refractivity contribution in [1.82, 2.24) is 20.4 Å². The van der Waals surface area contributed by atoms with E-state index in [0.29, 0.717) is 11.6 Å². The van der Waals surface area contributed by atoms with Crippen LogP contribution in [0.25, 0.3) is 11.3 Å². The standard InChI is InChI=1S/C22H25FN4/c1-27-12-11-17(15-27)24-13-19(16-7-3-2-4-8-16)20-14-25-26-22(20)18-9-5-6-10-21(18)23/h2-10,14,17,19,24H,11-13,15H2,1H3,(H,25,26). The molecule has 0 radical (unpaired) electrons. The van der Waals surface area contributed by atoms with E-state index in [1.165, 1.54) is 11.6 Å². The van der Waals surface area contributed by atoms with Crippen molar-refractivity contribution >= 4 is 0 Å². The molecule has 1 aliphatic rings. The summed E-state index contributed by atoms with van der Waals surface area (Å²) in [5.41, 5.74) is 3.54. The zero-order chi connectivity index (χ0) is 18.6. The molecule has 140 valence electrons. The molecule has 0 spiro atoms. The zero-order valence-corrected chi connectivity index (χ0v) is 15.5. The minimum atomic E-state index is -0.236. The largest absolute Gasteiger partial charge is 0.312 e. The first-order chi connectivity index (χ1) is 13.2. The normalized spacial score (nSPS) is 18.7. The number of likely N-dealkylation sites (N-methyl/N-ethyl adjacent to an activating group) is 1. The molecular weight excluding hydrogens is 339 g/mol. The Kier molecular flexibility index (Phi) is 5.32. The first-order valence-electron chi connectivity index (χ1n) is 9.47. The lowest BCUT2D eigenvalue weighted by Crippen LogP contribution is -2.35. The fraction of sp³-hybridized carbons (Fsp3) is 0.318. The Hall–Kier alpha value is -2.50. The molecule has 0 saturated carbocycles. The average molecular weight is 364 g/mol. The molecule has 2 N–H and O–H groups in total. The van der Waals surface area contributed by atoms with E-state index in [1.807, 2.05) is 18.3 Å². The monoisotopic (exact) mass is 364 g/mol. The van der Waals surface area contributed by atoms with E-state index in [0.717, 1.165) is 37.3 Å². The average Bonchev–Trinajstić information content (AvgIpc) is 3.33. The van der Waals surface area contributed by atoms with Gasteiger partial charge in [-0.25, -0.2) is 4.39 Å². The van der Waals surface area contributed by atoms with Crippen LogP contribution in [0.1, 0.15) is 23.5 Å². The maximum absolute atomic E-state index is 14.4. The number of hydrogen-bond donors (Lipinski definition) is 2. The van der Waals surface area contributed by atoms with E-state index in [1.54, 1.807) is 12.1 Å². The van der Waals surface area contributed by atoms with Gasteiger partial charge in [0.05, 0.1) is 11.9 Å². The Bertz CT molecular complexity index is 877. The second-order valence-electron chi connectivity index (χ2n) is 7.30. The van der Waals surface area contributed by atoms with Gasteiger partial charge in [-0.05, 0) is 37.7 Å². The number of halogens is 1. The maximum atomic E-state index is 14.4. The summed E-state index contributed by atoms with van der Waals surface area (Å²) in [7, 11) is 2.16. The maximum Gasteiger partial charge on any atom is 0.132 e. The van der Waals surface area contributed by atoms with Crippen molar-refractivity contribution in [2.45, 2.75) is 18.4 Å². The summed E-state index contributed by atoms with van der Waals surface area (Å²) in [4.78, 5) is 2.35. The Morgan fingerprint density at radius 3 is 2.70 bits per heavy atom. The number of benzene rings is 2. The predicted octanol–water partition coefficient (Wildman–Crippen LogP) is 3.64. The van der Waals surface area contributed by atoms with Crippen LogP contribution in [0.15, 0.2) is 60.8 Å². The number of aromatic amines is 1. The van der Waals surface area contributed by atoms with Crippen molar-refractivity contribution < 1.29 is 4.39 Å². The molecule has 0 bridgehead atoms. The van der Waals surface area contributed by atoms with Gasteiger partial charge in [0.25, 0.3) is 0 Å². The van der Waals surface area contributed by atoms with E-state index in [4.69, 9.17) is 0 Å². The van der Waals surface area contributed by atoms with Crippen molar-refractivity contribution in [3.63, 3.8) is 0 Å². The van der Waals surface area contributed by atoms with Gasteiger partial charge >= 0.3 is 0 Å². The van der Waals surface area contributed by atoms with Gasteiger partial charge in [-0.2, -0.15) is 5.10 Å². The van der Waals surface area contributed by atoms with Gasteiger partial charge in [-0.1, -0.05) is 42.5 Å². The first-order valence-corrected chi connectivity index (χ1v) is 9.47. The van der Waals surface area contributed by atoms with Crippen molar-refractivity contribution in [2.24, 2.45) is 0 Å². The Morgan fingerprint density at radius 1 is 1.19 bits per heavy atom. The smallest absolute Gasteiger partial charge is 0.132 e. The lowest BCUT2D eigenvalue weighted by molar-refractivity contribution is 0.397. The molecule has 0 amide bonds. The number of nitrogens with one attached hydrogen (secondary N) is 2. The van der Waals surface area contributed by atoms with E-state index < -0.39 is 0 Å². The number of likely N-dealkylation sites (tertiary alicyclic amines) is 1. The molecule has 1 aliphatic heterocycles. The summed E-state index contributed by atoms with van der Waals surface area (Å²) in [6.07, 6.45) is 2.99. The zero-order valence-electron chi connectivity index (χ0n) is 15.5. The van der Waals surface area contributed by atoms with Crippen molar-refractivity contribution in [1.29, 1.82) is 0 Å². The van der Waals surface area contributed by atoms with Crippen LogP contribution in [-0.4, -0.2) is 47.8 Å². The van der Waals surface area contributed by atoms with Crippen LogP contribution >= 0.6 is 0 Å². The third-order valence-electron chi connectivity index (χ3n) is 5.39. The van der Waals surface area contributed by atoms with E-state index in [2.05, 4.69) is 51.7 Å². The lowest BCUT2D eigenvalue weighted by Gasteiger charge is -2.21. The molecule has 4 nitrogen and oxygen atoms in total. The van der Waals surface area contributed by atoms with E-state index in [9.17, 15) is 4.39 Å². The lowest BCUT2D eigenvalue weighted by atomic mass is 9.89. The summed E-state index contributed by atoms with van der Waals surface area (Å²) in [6.45, 7) is 2.98. The molecule has 2 aromatic carbocycles. The van der Waals surface area contributed by atoms with Crippen LogP contribution in [0, 0.1) is 5.82 Å². The quantitative estimate of drug-likeness (QED) is 0.702. The van der Waals surface area contributed by atoms with Gasteiger partial charge in [0, 0.05) is 36.2 Å². The van der Waals surface area contributed by atoms with Crippen LogP contribution in [0.5, 0.6) is 0 Å². The molecule has 4 rings (SSSR count). The molecule has 2 heterocycles. The third-order valence-corrected chi connectivity index (χ3v) is 5.39. The summed E-state index contributed by atoms with van der Waals surface area (Å²) in [6, 6.07) is 17.7. The van der Waals surface area contributed by atoms with Gasteiger partial charge in [-0.3, -0.25) is 5.10 Å². The first kappa shape index (κ1) is 17.9. The van der Waals surface area contributed by atoms with Crippen LogP contribution < -0.4 is 5.32 Å². The molecule has 2 unspecified atom stereocenters. The molecular formula is C22H25FN4. The predicted molar refractivity (Wildman–Crippen MR) is 106 cm³/mol. The van der Waals surface area contributed by atoms with E-state index >= 15 is 0 Å². The highest BCUT2D eigenvalue weighted by molar-refractivity contribution is 5.65. The molecule has 1 fully saturated rings. The number of hydrogen-bond acceptors (Lipinski definition) is 3. The van der Waals surface area contributed by atoms with Crippen LogP contribution in [0.2, 0.25) is 0 Å². The Labute approximate surface area is 159 Å². The summed E-state index contributed by atoms with van der Waals surface area (Å²) < 4.78 is 14.4. The van der Waals surface area contributed by atoms with Crippen molar-refractivity contribution in [3.8, 4) is 11.3 Å². The van der Waals surface area contributed by atoms with Crippen LogP contribution in [0.3, 0.4) is 0 Å². The van der Waals surface area contributed by atoms with E-state index in [-0.39, 0.29) is 11.7 Å². The molecule has 27 heavy (non-hydrogen) atoms. The van der Waals surface area contributed by atoms with Crippen LogP contribution in [-0.2, 0) is 0 Å². The molecule has 2 atom stereocenters. The highest BCUT2D eigenvalue weighted by atomic mass is 19.1. The topological polar surface area (TPSA) is 44.0 Å². The molecule has 1 aromatic heterocycles. The second-order valence-corrected chi connectivity index (χ2v) is 7.30. The van der Waals surface area contributed by atoms with Crippen molar-refractivity contribution in [3.05, 3.63) is 77.7 Å². The number of H-pyrrole nitrogens is 1. The summed E-state index contributed by atoms with van der Waals surface area (Å²) in [5, 5.41) is 11.0. The highest BCUT2D eigenvalue weighted by Gasteiger charge is 2.24. The van der Waals surface area contributed by atoms with Gasteiger partial charge in [-0.15, -0.1) is 0 Å². The molecule has 1 saturated heterocycles. The summed E-state index contributed by atoms with van der Waals surface area (Å²) >= 11 is 0. The highest BCUT2D eigenvalue weighted by Crippen LogP contribution is 2.33. The third kappa shape index (κ3) is 3.94. The van der Waals surface area contributed by atoms with Gasteiger partial charge in [0.15, 0.2) is 0 Å². The Balaban J connectivity index is 1.65. The van der Waals surface area contributed by atoms with Gasteiger partial charge < -0.3 is 10.2 Å². The van der Waals surface area contributed by atoms with Gasteiger partial charge in [0.2, 0.25) is 0 Å². The molecule has 0 aliphatic carbocycles. The van der Waals surface area contributed by atoms with Crippen LogP contribution in [0.4, 0.5) is 4.39 Å².